The largest absolute Gasteiger partial charge is 0.495 e. The van der Waals surface area contributed by atoms with E-state index in [0.29, 0.717) is 51.5 Å². The zero-order valence-corrected chi connectivity index (χ0v) is 25.5. The van der Waals surface area contributed by atoms with E-state index in [1.807, 2.05) is 20.8 Å². The summed E-state index contributed by atoms with van der Waals surface area (Å²) < 4.78 is 23.5. The van der Waals surface area contributed by atoms with Crippen LogP contribution in [0.3, 0.4) is 0 Å². The van der Waals surface area contributed by atoms with Gasteiger partial charge >= 0.3 is 11.9 Å². The van der Waals surface area contributed by atoms with Crippen molar-refractivity contribution in [3.8, 4) is 23.0 Å². The highest BCUT2D eigenvalue weighted by Crippen LogP contribution is 2.59. The Morgan fingerprint density at radius 3 is 1.93 bits per heavy atom. The number of hydrogen-bond donors (Lipinski definition) is 1. The van der Waals surface area contributed by atoms with E-state index in [1.165, 1.54) is 26.2 Å². The number of fused-ring (bicyclic) bond motifs is 1. The molecule has 0 amide bonds. The number of benzene rings is 2. The molecule has 5 rings (SSSR count). The lowest BCUT2D eigenvalue weighted by atomic mass is 9.48. The molecule has 0 aromatic heterocycles. The molecule has 216 valence electrons. The van der Waals surface area contributed by atoms with Gasteiger partial charge in [-0.2, -0.15) is 0 Å². The van der Waals surface area contributed by atoms with Crippen molar-refractivity contribution < 1.29 is 33.6 Å². The number of carbonyl (C=O) groups excluding carboxylic acids is 1. The van der Waals surface area contributed by atoms with E-state index in [9.17, 15) is 14.7 Å². The van der Waals surface area contributed by atoms with Crippen LogP contribution in [-0.2, 0) is 0 Å². The molecule has 3 aliphatic carbocycles. The molecule has 40 heavy (non-hydrogen) atoms. The first-order chi connectivity index (χ1) is 18.8. The van der Waals surface area contributed by atoms with Crippen LogP contribution in [0.25, 0.3) is 0 Å². The Kier molecular flexibility index (Phi) is 7.99. The maximum Gasteiger partial charge on any atom is 0.347 e. The summed E-state index contributed by atoms with van der Waals surface area (Å²) in [6.07, 6.45) is 5.73. The first kappa shape index (κ1) is 29.5. The Hall–Kier alpha value is -3.48. The molecule has 0 saturated heterocycles. The summed E-state index contributed by atoms with van der Waals surface area (Å²) in [4.78, 5) is 25.6. The highest BCUT2D eigenvalue weighted by Gasteiger charge is 2.50. The van der Waals surface area contributed by atoms with Crippen molar-refractivity contribution in [2.24, 2.45) is 17.3 Å². The number of esters is 1. The molecule has 7 heteroatoms. The van der Waals surface area contributed by atoms with Gasteiger partial charge in [0.1, 0.15) is 34.1 Å². The molecule has 2 aromatic rings. The third-order valence-corrected chi connectivity index (χ3v) is 9.61. The van der Waals surface area contributed by atoms with E-state index in [0.717, 1.165) is 35.6 Å². The zero-order chi connectivity index (χ0) is 29.7. The van der Waals surface area contributed by atoms with E-state index in [-0.39, 0.29) is 17.1 Å². The van der Waals surface area contributed by atoms with Gasteiger partial charge in [-0.25, -0.2) is 9.59 Å². The number of rotatable bonds is 9. The number of allylic oxidation sites excluding steroid dienone is 1. The van der Waals surface area contributed by atoms with Crippen LogP contribution in [0.5, 0.6) is 23.0 Å². The van der Waals surface area contributed by atoms with Crippen LogP contribution < -0.4 is 18.9 Å². The second kappa shape index (κ2) is 10.8. The Bertz CT molecular complexity index is 1410. The lowest BCUT2D eigenvalue weighted by molar-refractivity contribution is -0.00918. The molecule has 1 saturated carbocycles. The molecule has 2 atom stereocenters. The van der Waals surface area contributed by atoms with Gasteiger partial charge in [0, 0.05) is 17.5 Å². The topological polar surface area (TPSA) is 91.3 Å². The van der Waals surface area contributed by atoms with Crippen molar-refractivity contribution in [1.29, 1.82) is 0 Å². The number of aromatic carboxylic acids is 1. The molecule has 2 bridgehead atoms. The van der Waals surface area contributed by atoms with Gasteiger partial charge in [0.2, 0.25) is 0 Å². The summed E-state index contributed by atoms with van der Waals surface area (Å²) in [6, 6.07) is 0. The summed E-state index contributed by atoms with van der Waals surface area (Å²) >= 11 is 0. The minimum atomic E-state index is -1.10. The minimum absolute atomic E-state index is 0.0592. The third kappa shape index (κ3) is 4.63. The SMILES string of the molecule is COc1c(C)c(OC(=O)c2c(C)c(C)c(OCCC3=CCC4CC3C4(C)C)c(C)c2OC)c(C)c(C)c1C(=O)O. The Balaban J connectivity index is 1.63. The number of methoxy groups -OCH3 is 2. The fourth-order valence-corrected chi connectivity index (χ4v) is 6.76. The molecule has 1 fully saturated rings. The van der Waals surface area contributed by atoms with Crippen LogP contribution in [0.2, 0.25) is 0 Å². The lowest BCUT2D eigenvalue weighted by Gasteiger charge is -2.56. The predicted octanol–water partition coefficient (Wildman–Crippen LogP) is 7.23. The van der Waals surface area contributed by atoms with Crippen LogP contribution >= 0.6 is 0 Å². The molecule has 2 aromatic carbocycles. The smallest absolute Gasteiger partial charge is 0.347 e. The van der Waals surface area contributed by atoms with E-state index in [1.54, 1.807) is 20.8 Å². The van der Waals surface area contributed by atoms with Crippen LogP contribution in [0.4, 0.5) is 0 Å². The molecule has 1 N–H and O–H groups in total. The Labute approximate surface area is 237 Å². The number of ether oxygens (including phenoxy) is 4. The molecular weight excluding hydrogens is 508 g/mol. The molecule has 3 aliphatic rings. The average molecular weight is 551 g/mol. The molecule has 0 heterocycles. The summed E-state index contributed by atoms with van der Waals surface area (Å²) in [5, 5.41) is 9.72. The lowest BCUT2D eigenvalue weighted by Crippen LogP contribution is -2.48. The molecule has 7 nitrogen and oxygen atoms in total. The van der Waals surface area contributed by atoms with E-state index in [4.69, 9.17) is 18.9 Å². The molecule has 0 aliphatic heterocycles. The van der Waals surface area contributed by atoms with Crippen molar-refractivity contribution in [3.05, 3.63) is 56.2 Å². The van der Waals surface area contributed by atoms with Gasteiger partial charge in [0.05, 0.1) is 20.8 Å². The zero-order valence-electron chi connectivity index (χ0n) is 25.5. The quantitative estimate of drug-likeness (QED) is 0.200. The standard InChI is InChI=1S/C33H42O7/c1-16-19(4)28(21(6)29(37-9)25(16)31(34)35)40-32(36)26-17(2)18(3)27(20(5)30(26)38-10)39-14-13-22-11-12-23-15-24(22)33(23,7)8/h11,23-24H,12-15H2,1-10H3,(H,34,35). The van der Waals surface area contributed by atoms with Gasteiger partial charge < -0.3 is 24.1 Å². The molecule has 2 unspecified atom stereocenters. The second-order valence-electron chi connectivity index (χ2n) is 11.8. The monoisotopic (exact) mass is 550 g/mol. The highest BCUT2D eigenvalue weighted by atomic mass is 16.5. The van der Waals surface area contributed by atoms with Crippen molar-refractivity contribution in [2.45, 2.75) is 74.7 Å². The summed E-state index contributed by atoms with van der Waals surface area (Å²) in [7, 11) is 2.94. The maximum atomic E-state index is 13.7. The first-order valence-electron chi connectivity index (χ1n) is 13.9. The van der Waals surface area contributed by atoms with Crippen LogP contribution in [0.15, 0.2) is 11.6 Å². The average Bonchev–Trinajstić information content (AvgIpc) is 2.91. The molecular formula is C33H42O7. The fraction of sp³-hybridized carbons (Fsp3) is 0.515. The normalized spacial score (nSPS) is 18.9. The van der Waals surface area contributed by atoms with Crippen LogP contribution in [0, 0.1) is 58.8 Å². The van der Waals surface area contributed by atoms with E-state index in [2.05, 4.69) is 19.9 Å². The third-order valence-electron chi connectivity index (χ3n) is 9.61. The van der Waals surface area contributed by atoms with Gasteiger partial charge in [-0.05, 0) is 93.9 Å². The molecule has 0 spiro atoms. The molecule has 0 radical (unpaired) electrons. The number of carbonyl (C=O) groups is 2. The number of hydrogen-bond acceptors (Lipinski definition) is 6. The number of carboxylic acids is 1. The van der Waals surface area contributed by atoms with Crippen molar-refractivity contribution >= 4 is 11.9 Å². The summed E-state index contributed by atoms with van der Waals surface area (Å²) in [6.45, 7) is 16.1. The van der Waals surface area contributed by atoms with Crippen LogP contribution in [0.1, 0.15) is 87.2 Å². The summed E-state index contributed by atoms with van der Waals surface area (Å²) in [5.74, 6) is 1.35. The van der Waals surface area contributed by atoms with E-state index >= 15 is 0 Å². The van der Waals surface area contributed by atoms with Crippen LogP contribution in [-0.4, -0.2) is 37.9 Å². The van der Waals surface area contributed by atoms with Gasteiger partial charge in [0.15, 0.2) is 0 Å². The first-order valence-corrected chi connectivity index (χ1v) is 13.9. The van der Waals surface area contributed by atoms with Crippen molar-refractivity contribution in [1.82, 2.24) is 0 Å². The second-order valence-corrected chi connectivity index (χ2v) is 11.8. The Morgan fingerprint density at radius 2 is 1.38 bits per heavy atom. The number of carboxylic acid groups (broad SMARTS) is 1. The minimum Gasteiger partial charge on any atom is -0.495 e. The van der Waals surface area contributed by atoms with Gasteiger partial charge in [-0.3, -0.25) is 0 Å². The van der Waals surface area contributed by atoms with Gasteiger partial charge in [0.25, 0.3) is 0 Å². The highest BCUT2D eigenvalue weighted by molar-refractivity contribution is 5.98. The Morgan fingerprint density at radius 1 is 0.825 bits per heavy atom. The van der Waals surface area contributed by atoms with Crippen molar-refractivity contribution in [3.63, 3.8) is 0 Å². The summed E-state index contributed by atoms with van der Waals surface area (Å²) in [5.41, 5.74) is 6.05. The van der Waals surface area contributed by atoms with E-state index < -0.39 is 11.9 Å². The van der Waals surface area contributed by atoms with Gasteiger partial charge in [-0.15, -0.1) is 0 Å². The predicted molar refractivity (Wildman–Crippen MR) is 155 cm³/mol. The fourth-order valence-electron chi connectivity index (χ4n) is 6.76. The van der Waals surface area contributed by atoms with Crippen molar-refractivity contribution in [2.75, 3.05) is 20.8 Å². The maximum absolute atomic E-state index is 13.7. The van der Waals surface area contributed by atoms with Gasteiger partial charge in [-0.1, -0.05) is 25.5 Å².